The highest BCUT2D eigenvalue weighted by Gasteiger charge is 2.17. The van der Waals surface area contributed by atoms with Gasteiger partial charge in [-0.15, -0.1) is 0 Å². The fourth-order valence-electron chi connectivity index (χ4n) is 0.114. The van der Waals surface area contributed by atoms with Crippen molar-refractivity contribution >= 4 is 47.8 Å². The summed E-state index contributed by atoms with van der Waals surface area (Å²) in [6.07, 6.45) is 1.53. The molecule has 0 aliphatic rings. The van der Waals surface area contributed by atoms with Crippen LogP contribution < -0.4 is 0 Å². The Balaban J connectivity index is 3.28. The zero-order valence-electron chi connectivity index (χ0n) is 3.70. The predicted octanol–water partition coefficient (Wildman–Crippen LogP) is 2.32. The second-order valence-electron chi connectivity index (χ2n) is 0.995. The fourth-order valence-corrected chi connectivity index (χ4v) is 0.457. The number of halogens is 3. The first-order valence-electron chi connectivity index (χ1n) is 1.64. The molecule has 0 N–H and O–H groups in total. The number of ether oxygens (including phenoxy) is 1. The molecule has 0 fully saturated rings. The van der Waals surface area contributed by atoms with Crippen molar-refractivity contribution in [3.8, 4) is 6.26 Å². The first kappa shape index (κ1) is 8.73. The molecule has 8 heavy (non-hydrogen) atoms. The minimum absolute atomic E-state index is 0.253. The molecule has 0 saturated heterocycles. The van der Waals surface area contributed by atoms with Gasteiger partial charge in [0.1, 0.15) is 6.61 Å². The van der Waals surface area contributed by atoms with Crippen LogP contribution in [0.3, 0.4) is 0 Å². The van der Waals surface area contributed by atoms with Gasteiger partial charge in [-0.1, -0.05) is 47.8 Å². The van der Waals surface area contributed by atoms with Gasteiger partial charge < -0.3 is 4.74 Å². The topological polar surface area (TPSA) is 33.0 Å². The van der Waals surface area contributed by atoms with E-state index in [0.717, 1.165) is 0 Å². The van der Waals surface area contributed by atoms with Gasteiger partial charge in [0.15, 0.2) is 2.14 Å². The van der Waals surface area contributed by atoms with Gasteiger partial charge in [-0.3, -0.25) is 0 Å². The Hall–Kier alpha value is 0.730. The molecule has 5 heteroatoms. The van der Waals surface area contributed by atoms with Crippen LogP contribution in [-0.2, 0) is 4.74 Å². The number of hydrogen-bond acceptors (Lipinski definition) is 2. The SMILES string of the molecule is N#COCC(Br)(Br)Br. The minimum atomic E-state index is -0.456. The van der Waals surface area contributed by atoms with Crippen LogP contribution in [0.5, 0.6) is 0 Å². The van der Waals surface area contributed by atoms with Gasteiger partial charge in [-0.2, -0.15) is 5.26 Å². The summed E-state index contributed by atoms with van der Waals surface area (Å²) in [5, 5.41) is 7.89. The van der Waals surface area contributed by atoms with Crippen LogP contribution in [0.4, 0.5) is 0 Å². The van der Waals surface area contributed by atoms with Gasteiger partial charge in [0.2, 0.25) is 0 Å². The molecule has 46 valence electrons. The molecule has 0 atom stereocenters. The highest BCUT2D eigenvalue weighted by atomic mass is 80.0. The molecule has 0 aliphatic carbocycles. The van der Waals surface area contributed by atoms with Crippen molar-refractivity contribution < 1.29 is 4.74 Å². The Bertz CT molecular complexity index is 102. The van der Waals surface area contributed by atoms with E-state index in [9.17, 15) is 0 Å². The standard InChI is InChI=1S/C3H2Br3NO/c4-3(5,6)1-8-2-7/h1H2. The maximum atomic E-state index is 7.89. The van der Waals surface area contributed by atoms with Crippen molar-refractivity contribution in [1.82, 2.24) is 0 Å². The van der Waals surface area contributed by atoms with Gasteiger partial charge in [0, 0.05) is 0 Å². The molecule has 0 radical (unpaired) electrons. The Labute approximate surface area is 72.6 Å². The Kier molecular flexibility index (Phi) is 4.04. The first-order chi connectivity index (χ1) is 3.56. The predicted molar refractivity (Wildman–Crippen MR) is 41.1 cm³/mol. The highest BCUT2D eigenvalue weighted by Crippen LogP contribution is 2.33. The van der Waals surface area contributed by atoms with Crippen LogP contribution in [-0.4, -0.2) is 8.75 Å². The van der Waals surface area contributed by atoms with Crippen molar-refractivity contribution in [1.29, 1.82) is 5.26 Å². The van der Waals surface area contributed by atoms with Gasteiger partial charge in [0.25, 0.3) is 6.26 Å². The number of rotatable bonds is 1. The highest BCUT2D eigenvalue weighted by molar-refractivity contribution is 9.39. The quantitative estimate of drug-likeness (QED) is 0.550. The zero-order chi connectivity index (χ0) is 6.62. The van der Waals surface area contributed by atoms with Crippen molar-refractivity contribution in [2.45, 2.75) is 2.14 Å². The first-order valence-corrected chi connectivity index (χ1v) is 4.02. The molecular weight excluding hydrogens is 306 g/mol. The molecule has 0 heterocycles. The summed E-state index contributed by atoms with van der Waals surface area (Å²) in [5.74, 6) is 0. The van der Waals surface area contributed by atoms with Crippen molar-refractivity contribution in [3.63, 3.8) is 0 Å². The van der Waals surface area contributed by atoms with E-state index in [1.54, 1.807) is 0 Å². The summed E-state index contributed by atoms with van der Waals surface area (Å²) in [6, 6.07) is 0. The third-order valence-corrected chi connectivity index (χ3v) is 0.987. The van der Waals surface area contributed by atoms with Crippen molar-refractivity contribution in [2.75, 3.05) is 6.61 Å². The van der Waals surface area contributed by atoms with E-state index in [1.165, 1.54) is 6.26 Å². The van der Waals surface area contributed by atoms with E-state index in [-0.39, 0.29) is 6.61 Å². The third kappa shape index (κ3) is 6.73. The molecular formula is C3H2Br3NO. The smallest absolute Gasteiger partial charge is 0.286 e. The van der Waals surface area contributed by atoms with Crippen molar-refractivity contribution in [2.24, 2.45) is 0 Å². The van der Waals surface area contributed by atoms with Gasteiger partial charge in [0.05, 0.1) is 0 Å². The molecule has 0 spiro atoms. The van der Waals surface area contributed by atoms with Crippen molar-refractivity contribution in [3.05, 3.63) is 0 Å². The number of nitriles is 1. The van der Waals surface area contributed by atoms with E-state index in [0.29, 0.717) is 0 Å². The Morgan fingerprint density at radius 3 is 2.12 bits per heavy atom. The third-order valence-electron chi connectivity index (χ3n) is 0.300. The summed E-state index contributed by atoms with van der Waals surface area (Å²) in [4.78, 5) is 0. The number of alkyl halides is 3. The van der Waals surface area contributed by atoms with Crippen LogP contribution in [0.25, 0.3) is 0 Å². The molecule has 0 saturated carbocycles. The zero-order valence-corrected chi connectivity index (χ0v) is 8.45. The molecule has 0 bridgehead atoms. The lowest BCUT2D eigenvalue weighted by atomic mass is 10.9. The Morgan fingerprint density at radius 1 is 1.50 bits per heavy atom. The van der Waals surface area contributed by atoms with Crippen LogP contribution in [0.15, 0.2) is 0 Å². The average molecular weight is 308 g/mol. The maximum Gasteiger partial charge on any atom is 0.286 e. The average Bonchev–Trinajstić information content (AvgIpc) is 1.59. The molecule has 0 rings (SSSR count). The summed E-state index contributed by atoms with van der Waals surface area (Å²) < 4.78 is 3.91. The maximum absolute atomic E-state index is 7.89. The van der Waals surface area contributed by atoms with E-state index in [1.807, 2.05) is 0 Å². The number of nitrogens with zero attached hydrogens (tertiary/aromatic N) is 1. The lowest BCUT2D eigenvalue weighted by Gasteiger charge is -2.06. The summed E-state index contributed by atoms with van der Waals surface area (Å²) in [6.45, 7) is 0.253. The Morgan fingerprint density at radius 2 is 2.00 bits per heavy atom. The van der Waals surface area contributed by atoms with Crippen LogP contribution in [0.1, 0.15) is 0 Å². The van der Waals surface area contributed by atoms with Crippen LogP contribution in [0, 0.1) is 11.5 Å². The van der Waals surface area contributed by atoms with Gasteiger partial charge in [-0.25, -0.2) is 0 Å². The second kappa shape index (κ2) is 3.70. The number of hydrogen-bond donors (Lipinski definition) is 0. The fraction of sp³-hybridized carbons (Fsp3) is 0.667. The summed E-state index contributed by atoms with van der Waals surface area (Å²) in [7, 11) is 0. The van der Waals surface area contributed by atoms with E-state index in [4.69, 9.17) is 5.26 Å². The van der Waals surface area contributed by atoms with Gasteiger partial charge in [-0.05, 0) is 0 Å². The van der Waals surface area contributed by atoms with Gasteiger partial charge >= 0.3 is 0 Å². The lowest BCUT2D eigenvalue weighted by Crippen LogP contribution is -2.07. The molecule has 0 aliphatic heterocycles. The normalized spacial score (nSPS) is 10.2. The molecule has 0 aromatic carbocycles. The molecule has 0 amide bonds. The van der Waals surface area contributed by atoms with Crippen LogP contribution >= 0.6 is 47.8 Å². The summed E-state index contributed by atoms with van der Waals surface area (Å²) in [5.41, 5.74) is 0. The molecule has 0 aromatic rings. The molecule has 2 nitrogen and oxygen atoms in total. The summed E-state index contributed by atoms with van der Waals surface area (Å²) >= 11 is 9.41. The minimum Gasteiger partial charge on any atom is -0.424 e. The van der Waals surface area contributed by atoms with E-state index >= 15 is 0 Å². The van der Waals surface area contributed by atoms with Crippen LogP contribution in [0.2, 0.25) is 0 Å². The molecule has 0 unspecified atom stereocenters. The molecule has 0 aromatic heterocycles. The van der Waals surface area contributed by atoms with E-state index < -0.39 is 2.14 Å². The monoisotopic (exact) mass is 305 g/mol. The lowest BCUT2D eigenvalue weighted by molar-refractivity contribution is 0.286. The second-order valence-corrected chi connectivity index (χ2v) is 8.25. The van der Waals surface area contributed by atoms with E-state index in [2.05, 4.69) is 52.5 Å². The largest absolute Gasteiger partial charge is 0.424 e.